The molecule has 1 heterocycles. The van der Waals surface area contributed by atoms with Crippen LogP contribution in [0.15, 0.2) is 0 Å². The minimum absolute atomic E-state index is 0.239. The maximum atomic E-state index is 11.7. The van der Waals surface area contributed by atoms with Gasteiger partial charge in [0.25, 0.3) is 0 Å². The van der Waals surface area contributed by atoms with E-state index in [1.807, 2.05) is 0 Å². The number of carbonyl (C=O) groups excluding carboxylic acids is 1. The molecule has 2 amide bonds. The zero-order valence-electron chi connectivity index (χ0n) is 9.99. The van der Waals surface area contributed by atoms with Crippen LogP contribution in [0.2, 0.25) is 0 Å². The zero-order chi connectivity index (χ0) is 12.3. The molecule has 1 aliphatic rings. The number of nitrogens with one attached hydrogen (secondary N) is 1. The molecule has 1 atom stereocenters. The van der Waals surface area contributed by atoms with E-state index in [1.54, 1.807) is 30.9 Å². The van der Waals surface area contributed by atoms with Crippen molar-refractivity contribution in [2.45, 2.75) is 19.8 Å². The third-order valence-corrected chi connectivity index (χ3v) is 2.82. The van der Waals surface area contributed by atoms with Gasteiger partial charge in [0, 0.05) is 27.2 Å². The number of carbonyl (C=O) groups is 2. The van der Waals surface area contributed by atoms with Gasteiger partial charge in [-0.25, -0.2) is 9.80 Å². The molecule has 0 radical (unpaired) electrons. The first kappa shape index (κ1) is 12.8. The lowest BCUT2D eigenvalue weighted by Gasteiger charge is -2.37. The van der Waals surface area contributed by atoms with E-state index in [1.165, 1.54) is 0 Å². The van der Waals surface area contributed by atoms with E-state index in [0.717, 1.165) is 6.42 Å². The SMILES string of the molecule is CN(C)NC(=O)N1CCCC(C)(C(=O)O)C1. The Hall–Kier alpha value is -1.30. The van der Waals surface area contributed by atoms with Crippen molar-refractivity contribution < 1.29 is 14.7 Å². The van der Waals surface area contributed by atoms with E-state index >= 15 is 0 Å². The lowest BCUT2D eigenvalue weighted by Crippen LogP contribution is -2.53. The van der Waals surface area contributed by atoms with Crippen LogP contribution in [-0.2, 0) is 4.79 Å². The van der Waals surface area contributed by atoms with Crippen molar-refractivity contribution in [3.05, 3.63) is 0 Å². The number of hydrazine groups is 1. The number of piperidine rings is 1. The Labute approximate surface area is 95.2 Å². The first-order chi connectivity index (χ1) is 7.35. The Morgan fingerprint density at radius 3 is 2.56 bits per heavy atom. The van der Waals surface area contributed by atoms with Crippen LogP contribution in [0.3, 0.4) is 0 Å². The molecular formula is C10H19N3O3. The van der Waals surface area contributed by atoms with Gasteiger partial charge >= 0.3 is 12.0 Å². The number of aliphatic carboxylic acids is 1. The molecule has 1 fully saturated rings. The van der Waals surface area contributed by atoms with E-state index in [9.17, 15) is 9.59 Å². The molecule has 6 nitrogen and oxygen atoms in total. The van der Waals surface area contributed by atoms with Crippen LogP contribution in [0.4, 0.5) is 4.79 Å². The second kappa shape index (κ2) is 4.69. The third-order valence-electron chi connectivity index (χ3n) is 2.82. The van der Waals surface area contributed by atoms with Gasteiger partial charge in [-0.1, -0.05) is 0 Å². The summed E-state index contributed by atoms with van der Waals surface area (Å²) in [5.41, 5.74) is 1.80. The Bertz CT molecular complexity index is 293. The van der Waals surface area contributed by atoms with Crippen molar-refractivity contribution in [3.63, 3.8) is 0 Å². The van der Waals surface area contributed by atoms with Gasteiger partial charge in [0.1, 0.15) is 0 Å². The van der Waals surface area contributed by atoms with Gasteiger partial charge < -0.3 is 10.0 Å². The van der Waals surface area contributed by atoms with E-state index in [2.05, 4.69) is 5.43 Å². The van der Waals surface area contributed by atoms with Crippen molar-refractivity contribution in [1.29, 1.82) is 0 Å². The molecule has 0 aromatic rings. The fourth-order valence-corrected chi connectivity index (χ4v) is 1.85. The number of likely N-dealkylation sites (tertiary alicyclic amines) is 1. The molecule has 1 saturated heterocycles. The van der Waals surface area contributed by atoms with Gasteiger partial charge in [-0.05, 0) is 19.8 Å². The number of amides is 2. The van der Waals surface area contributed by atoms with Crippen molar-refractivity contribution in [2.24, 2.45) is 5.41 Å². The summed E-state index contributed by atoms with van der Waals surface area (Å²) in [6.07, 6.45) is 1.34. The molecule has 16 heavy (non-hydrogen) atoms. The van der Waals surface area contributed by atoms with Crippen molar-refractivity contribution >= 4 is 12.0 Å². The fraction of sp³-hybridized carbons (Fsp3) is 0.800. The van der Waals surface area contributed by atoms with Gasteiger partial charge in [0.15, 0.2) is 0 Å². The van der Waals surface area contributed by atoms with E-state index < -0.39 is 11.4 Å². The van der Waals surface area contributed by atoms with Crippen LogP contribution in [0.1, 0.15) is 19.8 Å². The standard InChI is InChI=1S/C10H19N3O3/c1-10(8(14)15)5-4-6-13(7-10)9(16)11-12(2)3/h4-7H2,1-3H3,(H,11,16)(H,14,15). The van der Waals surface area contributed by atoms with Crippen molar-refractivity contribution in [2.75, 3.05) is 27.2 Å². The van der Waals surface area contributed by atoms with Crippen molar-refractivity contribution in [1.82, 2.24) is 15.3 Å². The smallest absolute Gasteiger partial charge is 0.331 e. The topological polar surface area (TPSA) is 72.9 Å². The van der Waals surface area contributed by atoms with Gasteiger partial charge in [-0.15, -0.1) is 0 Å². The van der Waals surface area contributed by atoms with Gasteiger partial charge in [0.2, 0.25) is 0 Å². The monoisotopic (exact) mass is 229 g/mol. The quantitative estimate of drug-likeness (QED) is 0.670. The maximum absolute atomic E-state index is 11.7. The van der Waals surface area contributed by atoms with Gasteiger partial charge in [0.05, 0.1) is 5.41 Å². The summed E-state index contributed by atoms with van der Waals surface area (Å²) in [6, 6.07) is -0.239. The number of carboxylic acid groups (broad SMARTS) is 1. The van der Waals surface area contributed by atoms with Crippen LogP contribution < -0.4 is 5.43 Å². The summed E-state index contributed by atoms with van der Waals surface area (Å²) >= 11 is 0. The molecule has 0 bridgehead atoms. The molecule has 0 spiro atoms. The Kier molecular flexibility index (Phi) is 3.74. The predicted molar refractivity (Wildman–Crippen MR) is 58.8 cm³/mol. The summed E-state index contributed by atoms with van der Waals surface area (Å²) in [5.74, 6) is -0.838. The second-order valence-corrected chi connectivity index (χ2v) is 4.70. The average Bonchev–Trinajstić information content (AvgIpc) is 2.16. The Balaban J connectivity index is 2.63. The molecule has 1 rings (SSSR count). The summed E-state index contributed by atoms with van der Waals surface area (Å²) in [4.78, 5) is 24.3. The highest BCUT2D eigenvalue weighted by molar-refractivity contribution is 5.78. The summed E-state index contributed by atoms with van der Waals surface area (Å²) < 4.78 is 0. The number of urea groups is 1. The lowest BCUT2D eigenvalue weighted by molar-refractivity contribution is -0.150. The molecule has 6 heteroatoms. The summed E-state index contributed by atoms with van der Waals surface area (Å²) in [5, 5.41) is 10.7. The lowest BCUT2D eigenvalue weighted by atomic mass is 9.82. The van der Waals surface area contributed by atoms with E-state index in [4.69, 9.17) is 5.11 Å². The second-order valence-electron chi connectivity index (χ2n) is 4.70. The fourth-order valence-electron chi connectivity index (χ4n) is 1.85. The number of rotatable bonds is 2. The predicted octanol–water partition coefficient (Wildman–Crippen LogP) is 0.359. The molecule has 0 aliphatic carbocycles. The van der Waals surface area contributed by atoms with E-state index in [0.29, 0.717) is 13.0 Å². The number of hydrogen-bond acceptors (Lipinski definition) is 3. The molecular weight excluding hydrogens is 210 g/mol. The molecule has 1 unspecified atom stereocenters. The normalized spacial score (nSPS) is 25.6. The number of hydrogen-bond donors (Lipinski definition) is 2. The summed E-state index contributed by atoms with van der Waals surface area (Å²) in [6.45, 7) is 2.56. The maximum Gasteiger partial charge on any atom is 0.331 e. The van der Waals surface area contributed by atoms with E-state index in [-0.39, 0.29) is 12.6 Å². The van der Waals surface area contributed by atoms with Crippen LogP contribution in [0.25, 0.3) is 0 Å². The highest BCUT2D eigenvalue weighted by Crippen LogP contribution is 2.29. The summed E-state index contributed by atoms with van der Waals surface area (Å²) in [7, 11) is 3.44. The number of nitrogens with zero attached hydrogens (tertiary/aromatic N) is 2. The van der Waals surface area contributed by atoms with Gasteiger partial charge in [-0.3, -0.25) is 10.2 Å². The minimum Gasteiger partial charge on any atom is -0.481 e. The minimum atomic E-state index is -0.838. The van der Waals surface area contributed by atoms with Crippen LogP contribution >= 0.6 is 0 Å². The largest absolute Gasteiger partial charge is 0.481 e. The Morgan fingerprint density at radius 2 is 2.06 bits per heavy atom. The van der Waals surface area contributed by atoms with Crippen LogP contribution in [-0.4, -0.2) is 54.2 Å². The third kappa shape index (κ3) is 2.85. The van der Waals surface area contributed by atoms with Crippen LogP contribution in [0, 0.1) is 5.41 Å². The molecule has 1 aliphatic heterocycles. The molecule has 92 valence electrons. The van der Waals surface area contributed by atoms with Gasteiger partial charge in [-0.2, -0.15) is 0 Å². The van der Waals surface area contributed by atoms with Crippen molar-refractivity contribution in [3.8, 4) is 0 Å². The average molecular weight is 229 g/mol. The molecule has 2 N–H and O–H groups in total. The number of carboxylic acids is 1. The zero-order valence-corrected chi connectivity index (χ0v) is 9.99. The first-order valence-electron chi connectivity index (χ1n) is 5.31. The molecule has 0 saturated carbocycles. The highest BCUT2D eigenvalue weighted by atomic mass is 16.4. The van der Waals surface area contributed by atoms with Crippen LogP contribution in [0.5, 0.6) is 0 Å². The Morgan fingerprint density at radius 1 is 1.44 bits per heavy atom. The first-order valence-corrected chi connectivity index (χ1v) is 5.31. The highest BCUT2D eigenvalue weighted by Gasteiger charge is 2.39. The molecule has 0 aromatic carbocycles. The molecule has 0 aromatic heterocycles.